The van der Waals surface area contributed by atoms with Gasteiger partial charge in [-0.3, -0.25) is 0 Å². The maximum Gasteiger partial charge on any atom is 0.318 e. The quantitative estimate of drug-likeness (QED) is 0.864. The Hall–Kier alpha value is -1.24. The van der Waals surface area contributed by atoms with Crippen molar-refractivity contribution in [2.75, 3.05) is 6.54 Å². The highest BCUT2D eigenvalue weighted by Gasteiger charge is 2.52. The van der Waals surface area contributed by atoms with Crippen LogP contribution in [0.2, 0.25) is 0 Å². The molecule has 0 saturated heterocycles. The van der Waals surface area contributed by atoms with Crippen molar-refractivity contribution in [2.45, 2.75) is 69.4 Å². The van der Waals surface area contributed by atoms with Crippen molar-refractivity contribution in [3.63, 3.8) is 0 Å². The molecule has 0 aliphatic heterocycles. The zero-order chi connectivity index (χ0) is 14.4. The highest BCUT2D eigenvalue weighted by molar-refractivity contribution is 5.76. The molecule has 5 aliphatic rings. The Bertz CT molecular complexity index is 442. The Morgan fingerprint density at radius 2 is 1.71 bits per heavy atom. The molecule has 114 valence electrons. The minimum absolute atomic E-state index is 0.0889. The zero-order valence-corrected chi connectivity index (χ0v) is 12.7. The van der Waals surface area contributed by atoms with Crippen LogP contribution < -0.4 is 5.32 Å². The predicted octanol–water partition coefficient (Wildman–Crippen LogP) is 3.04. The van der Waals surface area contributed by atoms with Gasteiger partial charge >= 0.3 is 6.03 Å². The average molecular weight is 287 g/mol. The molecule has 5 rings (SSSR count). The number of hydrogen-bond donors (Lipinski definition) is 1. The van der Waals surface area contributed by atoms with Crippen molar-refractivity contribution in [3.8, 4) is 6.07 Å². The lowest BCUT2D eigenvalue weighted by Crippen LogP contribution is -2.62. The summed E-state index contributed by atoms with van der Waals surface area (Å²) < 4.78 is 0. The van der Waals surface area contributed by atoms with E-state index in [1.54, 1.807) is 0 Å². The second kappa shape index (κ2) is 4.90. The van der Waals surface area contributed by atoms with Gasteiger partial charge in [0.05, 0.1) is 12.5 Å². The third-order valence-electron chi connectivity index (χ3n) is 6.12. The van der Waals surface area contributed by atoms with E-state index in [1.807, 2.05) is 4.90 Å². The van der Waals surface area contributed by atoms with E-state index >= 15 is 0 Å². The number of carbonyl (C=O) groups excluding carboxylic acids is 1. The van der Waals surface area contributed by atoms with Gasteiger partial charge in [0.15, 0.2) is 0 Å². The molecule has 0 heterocycles. The van der Waals surface area contributed by atoms with E-state index in [1.165, 1.54) is 38.5 Å². The first-order valence-electron chi connectivity index (χ1n) is 8.63. The summed E-state index contributed by atoms with van der Waals surface area (Å²) in [6.45, 7) is 0.597. The smallest absolute Gasteiger partial charge is 0.318 e. The van der Waals surface area contributed by atoms with Crippen molar-refractivity contribution in [1.29, 1.82) is 5.26 Å². The summed E-state index contributed by atoms with van der Waals surface area (Å²) >= 11 is 0. The molecule has 5 aliphatic carbocycles. The minimum Gasteiger partial charge on any atom is -0.333 e. The van der Waals surface area contributed by atoms with Gasteiger partial charge in [0.2, 0.25) is 0 Å². The molecule has 0 aromatic carbocycles. The minimum atomic E-state index is 0.0889. The second-order valence-corrected chi connectivity index (χ2v) is 7.96. The van der Waals surface area contributed by atoms with E-state index in [-0.39, 0.29) is 11.6 Å². The van der Waals surface area contributed by atoms with Gasteiger partial charge in [-0.15, -0.1) is 0 Å². The lowest BCUT2D eigenvalue weighted by Gasteiger charge is -2.57. The fourth-order valence-corrected chi connectivity index (χ4v) is 5.57. The Balaban J connectivity index is 1.45. The van der Waals surface area contributed by atoms with Gasteiger partial charge in [0.25, 0.3) is 0 Å². The van der Waals surface area contributed by atoms with Gasteiger partial charge in [-0.1, -0.05) is 0 Å². The van der Waals surface area contributed by atoms with Crippen molar-refractivity contribution in [1.82, 2.24) is 10.2 Å². The third-order valence-corrected chi connectivity index (χ3v) is 6.12. The third kappa shape index (κ3) is 2.52. The normalized spacial score (nSPS) is 39.9. The summed E-state index contributed by atoms with van der Waals surface area (Å²) in [7, 11) is 0. The lowest BCUT2D eigenvalue weighted by atomic mass is 9.53. The van der Waals surface area contributed by atoms with Gasteiger partial charge in [-0.2, -0.15) is 5.26 Å². The summed E-state index contributed by atoms with van der Waals surface area (Å²) in [6.07, 6.45) is 10.5. The van der Waals surface area contributed by atoms with E-state index in [0.717, 1.165) is 30.6 Å². The molecule has 0 aromatic heterocycles. The monoisotopic (exact) mass is 287 g/mol. The van der Waals surface area contributed by atoms with Crippen LogP contribution in [0.15, 0.2) is 0 Å². The maximum atomic E-state index is 12.7. The Morgan fingerprint density at radius 3 is 2.19 bits per heavy atom. The zero-order valence-electron chi connectivity index (χ0n) is 12.7. The molecule has 21 heavy (non-hydrogen) atoms. The van der Waals surface area contributed by atoms with Gasteiger partial charge in [-0.05, 0) is 69.1 Å². The van der Waals surface area contributed by atoms with E-state index in [2.05, 4.69) is 11.4 Å². The van der Waals surface area contributed by atoms with E-state index in [0.29, 0.717) is 19.0 Å². The lowest BCUT2D eigenvalue weighted by molar-refractivity contribution is -0.0157. The Kier molecular flexibility index (Phi) is 3.13. The number of nitrogens with one attached hydrogen (secondary N) is 1. The molecule has 0 spiro atoms. The molecule has 4 bridgehead atoms. The van der Waals surface area contributed by atoms with Crippen LogP contribution in [-0.2, 0) is 0 Å². The molecule has 4 heteroatoms. The summed E-state index contributed by atoms with van der Waals surface area (Å²) in [5, 5.41) is 12.2. The molecule has 5 saturated carbocycles. The predicted molar refractivity (Wildman–Crippen MR) is 79.4 cm³/mol. The maximum absolute atomic E-state index is 12.7. The number of nitrogens with zero attached hydrogens (tertiary/aromatic N) is 2. The van der Waals surface area contributed by atoms with Crippen LogP contribution in [0.1, 0.15) is 57.8 Å². The van der Waals surface area contributed by atoms with Gasteiger partial charge in [0, 0.05) is 18.1 Å². The summed E-state index contributed by atoms with van der Waals surface area (Å²) in [5.41, 5.74) is 0.0889. The van der Waals surface area contributed by atoms with Crippen molar-refractivity contribution < 1.29 is 4.79 Å². The number of carbonyl (C=O) groups is 1. The Labute approximate surface area is 126 Å². The SMILES string of the molecule is N#CCCN(C(=O)NC12CC3CC(CC(C3)C1)C2)C1CC1. The molecule has 1 N–H and O–H groups in total. The fraction of sp³-hybridized carbons (Fsp3) is 0.882. The largest absolute Gasteiger partial charge is 0.333 e. The van der Waals surface area contributed by atoms with Gasteiger partial charge in [0.1, 0.15) is 0 Å². The van der Waals surface area contributed by atoms with E-state index in [9.17, 15) is 4.79 Å². The number of amides is 2. The standard InChI is InChI=1S/C17H25N3O/c18-4-1-5-20(15-2-3-15)16(21)19-17-9-12-6-13(10-17)8-14(7-12)11-17/h12-15H,1-3,5-11H2,(H,19,21). The van der Waals surface area contributed by atoms with E-state index in [4.69, 9.17) is 5.26 Å². The summed E-state index contributed by atoms with van der Waals surface area (Å²) in [6, 6.07) is 2.68. The number of nitriles is 1. The van der Waals surface area contributed by atoms with Crippen molar-refractivity contribution in [2.24, 2.45) is 17.8 Å². The molecule has 4 nitrogen and oxygen atoms in total. The average Bonchev–Trinajstić information content (AvgIpc) is 3.21. The number of hydrogen-bond acceptors (Lipinski definition) is 2. The molecule has 0 unspecified atom stereocenters. The van der Waals surface area contributed by atoms with Crippen molar-refractivity contribution in [3.05, 3.63) is 0 Å². The first-order chi connectivity index (χ1) is 10.2. The van der Waals surface area contributed by atoms with Gasteiger partial charge < -0.3 is 10.2 Å². The number of urea groups is 1. The highest BCUT2D eigenvalue weighted by atomic mass is 16.2. The van der Waals surface area contributed by atoms with Crippen LogP contribution in [0, 0.1) is 29.1 Å². The van der Waals surface area contributed by atoms with Crippen LogP contribution in [0.3, 0.4) is 0 Å². The molecule has 2 amide bonds. The second-order valence-electron chi connectivity index (χ2n) is 7.96. The summed E-state index contributed by atoms with van der Waals surface area (Å²) in [5.74, 6) is 2.56. The first kappa shape index (κ1) is 13.4. The molecule has 0 aromatic rings. The first-order valence-corrected chi connectivity index (χ1v) is 8.63. The highest BCUT2D eigenvalue weighted by Crippen LogP contribution is 2.55. The Morgan fingerprint density at radius 1 is 1.14 bits per heavy atom. The molecule has 0 atom stereocenters. The fourth-order valence-electron chi connectivity index (χ4n) is 5.57. The van der Waals surface area contributed by atoms with Crippen LogP contribution in [-0.4, -0.2) is 29.1 Å². The molecule has 0 radical (unpaired) electrons. The van der Waals surface area contributed by atoms with E-state index < -0.39 is 0 Å². The van der Waals surface area contributed by atoms with Gasteiger partial charge in [-0.25, -0.2) is 4.79 Å². The van der Waals surface area contributed by atoms with Crippen LogP contribution in [0.4, 0.5) is 4.79 Å². The van der Waals surface area contributed by atoms with Crippen molar-refractivity contribution >= 4 is 6.03 Å². The molecular weight excluding hydrogens is 262 g/mol. The van der Waals surface area contributed by atoms with Crippen LogP contribution >= 0.6 is 0 Å². The molecule has 5 fully saturated rings. The van der Waals surface area contributed by atoms with Crippen LogP contribution in [0.5, 0.6) is 0 Å². The topological polar surface area (TPSA) is 56.1 Å². The number of rotatable bonds is 4. The summed E-state index contributed by atoms with van der Waals surface area (Å²) in [4.78, 5) is 14.7. The van der Waals surface area contributed by atoms with Crippen LogP contribution in [0.25, 0.3) is 0 Å². The molecular formula is C17H25N3O.